The number of rotatable bonds is 3. The summed E-state index contributed by atoms with van der Waals surface area (Å²) in [6, 6.07) is 3.04. The molecule has 0 bridgehead atoms. The Hall–Kier alpha value is -1.98. The van der Waals surface area contributed by atoms with E-state index in [0.717, 1.165) is 24.6 Å². The van der Waals surface area contributed by atoms with Gasteiger partial charge in [-0.05, 0) is 31.0 Å². The van der Waals surface area contributed by atoms with Gasteiger partial charge in [-0.25, -0.2) is 8.78 Å². The smallest absolute Gasteiger partial charge is 0.256 e. The van der Waals surface area contributed by atoms with Crippen molar-refractivity contribution >= 4 is 11.9 Å². The van der Waals surface area contributed by atoms with Crippen molar-refractivity contribution in [3.05, 3.63) is 35.4 Å². The SMILES string of the molecule is CCCN=C1NC(=O)C(C)(c2cc(F)cc(F)c2)N1. The zero-order chi connectivity index (χ0) is 14.0. The lowest BCUT2D eigenvalue weighted by Gasteiger charge is -2.21. The van der Waals surface area contributed by atoms with Crippen LogP contribution >= 0.6 is 0 Å². The predicted octanol–water partition coefficient (Wildman–Crippen LogP) is 1.67. The molecule has 1 unspecified atom stereocenters. The van der Waals surface area contributed by atoms with Crippen molar-refractivity contribution in [2.45, 2.75) is 25.8 Å². The molecule has 0 aliphatic carbocycles. The van der Waals surface area contributed by atoms with Crippen molar-refractivity contribution in [3.8, 4) is 0 Å². The molecule has 0 aromatic heterocycles. The highest BCUT2D eigenvalue weighted by molar-refractivity contribution is 6.09. The summed E-state index contributed by atoms with van der Waals surface area (Å²) in [4.78, 5) is 16.1. The molecule has 102 valence electrons. The highest BCUT2D eigenvalue weighted by atomic mass is 19.1. The van der Waals surface area contributed by atoms with Crippen LogP contribution in [0.15, 0.2) is 23.2 Å². The van der Waals surface area contributed by atoms with Gasteiger partial charge in [0.25, 0.3) is 5.91 Å². The van der Waals surface area contributed by atoms with E-state index in [1.807, 2.05) is 6.92 Å². The van der Waals surface area contributed by atoms with Gasteiger partial charge in [0.15, 0.2) is 5.96 Å². The van der Waals surface area contributed by atoms with E-state index < -0.39 is 17.2 Å². The zero-order valence-corrected chi connectivity index (χ0v) is 10.8. The quantitative estimate of drug-likeness (QED) is 0.875. The van der Waals surface area contributed by atoms with Crippen LogP contribution in [-0.4, -0.2) is 18.4 Å². The Bertz CT molecular complexity index is 524. The average molecular weight is 267 g/mol. The maximum absolute atomic E-state index is 13.2. The minimum atomic E-state index is -1.21. The molecule has 1 amide bonds. The zero-order valence-electron chi connectivity index (χ0n) is 10.8. The molecule has 2 N–H and O–H groups in total. The number of nitrogens with zero attached hydrogens (tertiary/aromatic N) is 1. The van der Waals surface area contributed by atoms with Gasteiger partial charge < -0.3 is 5.32 Å². The molecule has 1 aromatic carbocycles. The van der Waals surface area contributed by atoms with E-state index in [-0.39, 0.29) is 11.5 Å². The van der Waals surface area contributed by atoms with Crippen LogP contribution in [0.2, 0.25) is 0 Å². The molecule has 1 aromatic rings. The third-order valence-electron chi connectivity index (χ3n) is 2.99. The number of hydrogen-bond acceptors (Lipinski definition) is 2. The van der Waals surface area contributed by atoms with E-state index in [9.17, 15) is 13.6 Å². The summed E-state index contributed by atoms with van der Waals surface area (Å²) in [5, 5.41) is 5.45. The molecule has 1 aliphatic rings. The molecular formula is C13H15F2N3O. The fraction of sp³-hybridized carbons (Fsp3) is 0.385. The van der Waals surface area contributed by atoms with E-state index in [2.05, 4.69) is 15.6 Å². The van der Waals surface area contributed by atoms with Crippen LogP contribution in [0.5, 0.6) is 0 Å². The van der Waals surface area contributed by atoms with Crippen LogP contribution in [0, 0.1) is 11.6 Å². The number of amides is 1. The molecule has 0 radical (unpaired) electrons. The molecule has 6 heteroatoms. The largest absolute Gasteiger partial charge is 0.338 e. The molecule has 4 nitrogen and oxygen atoms in total. The summed E-state index contributed by atoms with van der Waals surface area (Å²) < 4.78 is 26.5. The van der Waals surface area contributed by atoms with Crippen LogP contribution in [-0.2, 0) is 10.3 Å². The van der Waals surface area contributed by atoms with E-state index >= 15 is 0 Å². The summed E-state index contributed by atoms with van der Waals surface area (Å²) >= 11 is 0. The van der Waals surface area contributed by atoms with Crippen molar-refractivity contribution in [1.82, 2.24) is 10.6 Å². The van der Waals surface area contributed by atoms with E-state index in [1.54, 1.807) is 6.92 Å². The summed E-state index contributed by atoms with van der Waals surface area (Å²) in [6.45, 7) is 4.09. The first-order valence-corrected chi connectivity index (χ1v) is 6.06. The lowest BCUT2D eigenvalue weighted by atomic mass is 9.92. The normalized spacial score (nSPS) is 24.4. The van der Waals surface area contributed by atoms with Crippen molar-refractivity contribution in [3.63, 3.8) is 0 Å². The Kier molecular flexibility index (Phi) is 3.50. The second-order valence-electron chi connectivity index (χ2n) is 4.59. The van der Waals surface area contributed by atoms with Gasteiger partial charge in [0.2, 0.25) is 0 Å². The van der Waals surface area contributed by atoms with Crippen LogP contribution < -0.4 is 10.6 Å². The van der Waals surface area contributed by atoms with Gasteiger partial charge in [0, 0.05) is 12.6 Å². The van der Waals surface area contributed by atoms with Crippen LogP contribution in [0.25, 0.3) is 0 Å². The first kappa shape index (κ1) is 13.5. The molecule has 1 saturated heterocycles. The first-order chi connectivity index (χ1) is 8.95. The van der Waals surface area contributed by atoms with Crippen molar-refractivity contribution in [2.24, 2.45) is 4.99 Å². The van der Waals surface area contributed by atoms with Gasteiger partial charge in [-0.3, -0.25) is 15.1 Å². The number of guanidine groups is 1. The Labute approximate surface area is 109 Å². The highest BCUT2D eigenvalue weighted by Crippen LogP contribution is 2.25. The van der Waals surface area contributed by atoms with Crippen LogP contribution in [0.3, 0.4) is 0 Å². The summed E-state index contributed by atoms with van der Waals surface area (Å²) in [5.41, 5.74) is -0.987. The minimum absolute atomic E-state index is 0.226. The number of benzene rings is 1. The molecule has 1 fully saturated rings. The Morgan fingerprint density at radius 2 is 1.89 bits per heavy atom. The molecule has 0 saturated carbocycles. The van der Waals surface area contributed by atoms with Crippen LogP contribution in [0.4, 0.5) is 8.78 Å². The maximum atomic E-state index is 13.2. The molecule has 1 aliphatic heterocycles. The number of nitrogens with one attached hydrogen (secondary N) is 2. The van der Waals surface area contributed by atoms with Crippen molar-refractivity contribution in [2.75, 3.05) is 6.54 Å². The van der Waals surface area contributed by atoms with Crippen LogP contribution in [0.1, 0.15) is 25.8 Å². The van der Waals surface area contributed by atoms with Gasteiger partial charge in [0.1, 0.15) is 17.2 Å². The predicted molar refractivity (Wildman–Crippen MR) is 67.6 cm³/mol. The summed E-state index contributed by atoms with van der Waals surface area (Å²) in [7, 11) is 0. The minimum Gasteiger partial charge on any atom is -0.338 e. The topological polar surface area (TPSA) is 53.5 Å². The number of carbonyl (C=O) groups is 1. The molecule has 1 atom stereocenters. The number of aliphatic imine (C=N–C) groups is 1. The van der Waals surface area contributed by atoms with Gasteiger partial charge in [0.05, 0.1) is 0 Å². The monoisotopic (exact) mass is 267 g/mol. The van der Waals surface area contributed by atoms with Gasteiger partial charge in [-0.2, -0.15) is 0 Å². The number of carbonyl (C=O) groups excluding carboxylic acids is 1. The third-order valence-corrected chi connectivity index (χ3v) is 2.99. The van der Waals surface area contributed by atoms with E-state index in [1.165, 1.54) is 0 Å². The fourth-order valence-corrected chi connectivity index (χ4v) is 1.91. The second-order valence-corrected chi connectivity index (χ2v) is 4.59. The van der Waals surface area contributed by atoms with Crippen molar-refractivity contribution in [1.29, 1.82) is 0 Å². The molecule has 2 rings (SSSR count). The lowest BCUT2D eigenvalue weighted by molar-refractivity contribution is -0.123. The molecule has 1 heterocycles. The first-order valence-electron chi connectivity index (χ1n) is 6.06. The van der Waals surface area contributed by atoms with Crippen molar-refractivity contribution < 1.29 is 13.6 Å². The Morgan fingerprint density at radius 1 is 1.26 bits per heavy atom. The van der Waals surface area contributed by atoms with Gasteiger partial charge >= 0.3 is 0 Å². The number of hydrogen-bond donors (Lipinski definition) is 2. The van der Waals surface area contributed by atoms with E-state index in [4.69, 9.17) is 0 Å². The Balaban J connectivity index is 2.34. The Morgan fingerprint density at radius 3 is 2.47 bits per heavy atom. The van der Waals surface area contributed by atoms with Gasteiger partial charge in [-0.15, -0.1) is 0 Å². The maximum Gasteiger partial charge on any atom is 0.256 e. The molecule has 0 spiro atoms. The number of halogens is 2. The second kappa shape index (κ2) is 4.95. The third kappa shape index (κ3) is 2.57. The highest BCUT2D eigenvalue weighted by Gasteiger charge is 2.42. The lowest BCUT2D eigenvalue weighted by Crippen LogP contribution is -2.40. The molecule has 19 heavy (non-hydrogen) atoms. The molecular weight excluding hydrogens is 252 g/mol. The average Bonchev–Trinajstić information content (AvgIpc) is 2.62. The standard InChI is InChI=1S/C13H15F2N3O/c1-3-4-16-12-17-11(19)13(2,18-12)8-5-9(14)7-10(15)6-8/h5-7H,3-4H2,1-2H3,(H2,16,17,18,19). The van der Waals surface area contributed by atoms with E-state index in [0.29, 0.717) is 12.5 Å². The fourth-order valence-electron chi connectivity index (χ4n) is 1.91. The van der Waals surface area contributed by atoms with Gasteiger partial charge in [-0.1, -0.05) is 6.92 Å². The summed E-state index contributed by atoms with van der Waals surface area (Å²) in [5.74, 6) is -1.49. The summed E-state index contributed by atoms with van der Waals surface area (Å²) in [6.07, 6.45) is 0.840.